The van der Waals surface area contributed by atoms with Crippen molar-refractivity contribution >= 4 is 23.5 Å². The Morgan fingerprint density at radius 2 is 1.92 bits per heavy atom. The number of carbonyl (C=O) groups excluding carboxylic acids is 3. The third-order valence-electron chi connectivity index (χ3n) is 4.20. The van der Waals surface area contributed by atoms with Gasteiger partial charge in [-0.2, -0.15) is 0 Å². The standard InChI is InChI=1S/C18H24N2O4/c1-4-20(5-2)17(22)13-7-6-8-14(10-13)19-16(21)11-24-18(23)15-9-12(15)3/h6-8,10,12,15H,4-5,9,11H2,1-3H3,(H,19,21)/t12-,15-/m0/s1. The van der Waals surface area contributed by atoms with Gasteiger partial charge in [-0.3, -0.25) is 14.4 Å². The van der Waals surface area contributed by atoms with Crippen molar-refractivity contribution in [2.75, 3.05) is 25.0 Å². The second-order valence-corrected chi connectivity index (χ2v) is 6.03. The highest BCUT2D eigenvalue weighted by atomic mass is 16.5. The van der Waals surface area contributed by atoms with Crippen LogP contribution in [0.2, 0.25) is 0 Å². The summed E-state index contributed by atoms with van der Waals surface area (Å²) < 4.78 is 4.99. The first-order valence-corrected chi connectivity index (χ1v) is 8.32. The second kappa shape index (κ2) is 7.95. The highest BCUT2D eigenvalue weighted by Gasteiger charge is 2.40. The topological polar surface area (TPSA) is 75.7 Å². The number of hydrogen-bond acceptors (Lipinski definition) is 4. The third kappa shape index (κ3) is 4.57. The van der Waals surface area contributed by atoms with Gasteiger partial charge >= 0.3 is 5.97 Å². The number of hydrogen-bond donors (Lipinski definition) is 1. The molecule has 1 saturated carbocycles. The molecule has 1 aromatic carbocycles. The average Bonchev–Trinajstić information content (AvgIpc) is 3.31. The zero-order chi connectivity index (χ0) is 17.7. The molecule has 6 heteroatoms. The first-order chi connectivity index (χ1) is 11.5. The van der Waals surface area contributed by atoms with E-state index in [1.54, 1.807) is 29.2 Å². The zero-order valence-corrected chi connectivity index (χ0v) is 14.4. The molecule has 1 aliphatic carbocycles. The largest absolute Gasteiger partial charge is 0.455 e. The molecule has 24 heavy (non-hydrogen) atoms. The smallest absolute Gasteiger partial charge is 0.309 e. The summed E-state index contributed by atoms with van der Waals surface area (Å²) in [5.74, 6) is -0.520. The van der Waals surface area contributed by atoms with Crippen molar-refractivity contribution in [2.45, 2.75) is 27.2 Å². The highest BCUT2D eigenvalue weighted by Crippen LogP contribution is 2.38. The quantitative estimate of drug-likeness (QED) is 0.778. The zero-order valence-electron chi connectivity index (χ0n) is 14.4. The van der Waals surface area contributed by atoms with Gasteiger partial charge in [0.05, 0.1) is 5.92 Å². The van der Waals surface area contributed by atoms with E-state index in [0.717, 1.165) is 6.42 Å². The first-order valence-electron chi connectivity index (χ1n) is 8.32. The van der Waals surface area contributed by atoms with E-state index >= 15 is 0 Å². The van der Waals surface area contributed by atoms with Gasteiger partial charge in [0.2, 0.25) is 0 Å². The minimum absolute atomic E-state index is 0.0622. The van der Waals surface area contributed by atoms with Crippen LogP contribution in [0.4, 0.5) is 5.69 Å². The fraction of sp³-hybridized carbons (Fsp3) is 0.500. The van der Waals surface area contributed by atoms with Crippen LogP contribution < -0.4 is 5.32 Å². The lowest BCUT2D eigenvalue weighted by Gasteiger charge is -2.19. The lowest BCUT2D eigenvalue weighted by atomic mass is 10.1. The number of rotatable bonds is 7. The Bertz CT molecular complexity index is 625. The lowest BCUT2D eigenvalue weighted by molar-refractivity contribution is -0.148. The Balaban J connectivity index is 1.90. The summed E-state index contributed by atoms with van der Waals surface area (Å²) in [5, 5.41) is 2.65. The van der Waals surface area contributed by atoms with Crippen molar-refractivity contribution in [3.8, 4) is 0 Å². The molecule has 1 aromatic rings. The number of nitrogens with one attached hydrogen (secondary N) is 1. The summed E-state index contributed by atoms with van der Waals surface area (Å²) in [7, 11) is 0. The Hall–Kier alpha value is -2.37. The van der Waals surface area contributed by atoms with E-state index in [4.69, 9.17) is 4.74 Å². The predicted octanol–water partition coefficient (Wildman–Crippen LogP) is 2.31. The van der Waals surface area contributed by atoms with Gasteiger partial charge in [0.15, 0.2) is 6.61 Å². The first kappa shape index (κ1) is 18.0. The monoisotopic (exact) mass is 332 g/mol. The summed E-state index contributed by atoms with van der Waals surface area (Å²) in [6.45, 7) is 6.76. The van der Waals surface area contributed by atoms with Gasteiger partial charge in [-0.1, -0.05) is 13.0 Å². The Labute approximate surface area is 142 Å². The molecule has 0 bridgehead atoms. The van der Waals surface area contributed by atoms with E-state index < -0.39 is 5.91 Å². The maximum absolute atomic E-state index is 12.3. The summed E-state index contributed by atoms with van der Waals surface area (Å²) in [6.07, 6.45) is 0.829. The van der Waals surface area contributed by atoms with Crippen LogP contribution in [0.25, 0.3) is 0 Å². The molecule has 0 aliphatic heterocycles. The maximum atomic E-state index is 12.3. The maximum Gasteiger partial charge on any atom is 0.309 e. The molecule has 2 amide bonds. The van der Waals surface area contributed by atoms with Crippen LogP contribution in [0.15, 0.2) is 24.3 Å². The molecule has 0 heterocycles. The normalized spacial score (nSPS) is 18.6. The summed E-state index contributed by atoms with van der Waals surface area (Å²) in [4.78, 5) is 37.5. The van der Waals surface area contributed by atoms with Gasteiger partial charge in [0.25, 0.3) is 11.8 Å². The molecule has 2 atom stereocenters. The number of amides is 2. The highest BCUT2D eigenvalue weighted by molar-refractivity contribution is 5.97. The van der Waals surface area contributed by atoms with Crippen molar-refractivity contribution in [3.63, 3.8) is 0 Å². The molecule has 1 aliphatic rings. The van der Waals surface area contributed by atoms with E-state index in [2.05, 4.69) is 5.32 Å². The summed E-state index contributed by atoms with van der Waals surface area (Å²) in [5.41, 5.74) is 1.02. The van der Waals surface area contributed by atoms with E-state index in [1.807, 2.05) is 20.8 Å². The number of benzene rings is 1. The molecule has 1 N–H and O–H groups in total. The molecular formula is C18H24N2O4. The molecular weight excluding hydrogens is 308 g/mol. The van der Waals surface area contributed by atoms with Gasteiger partial charge in [0, 0.05) is 24.3 Å². The van der Waals surface area contributed by atoms with Crippen molar-refractivity contribution in [3.05, 3.63) is 29.8 Å². The van der Waals surface area contributed by atoms with Crippen LogP contribution in [-0.2, 0) is 14.3 Å². The van der Waals surface area contributed by atoms with Crippen molar-refractivity contribution in [1.82, 2.24) is 4.90 Å². The molecule has 2 rings (SSSR count). The number of carbonyl (C=O) groups is 3. The third-order valence-corrected chi connectivity index (χ3v) is 4.20. The van der Waals surface area contributed by atoms with Gasteiger partial charge in [-0.15, -0.1) is 0 Å². The minimum atomic E-state index is -0.413. The Morgan fingerprint density at radius 1 is 1.25 bits per heavy atom. The Morgan fingerprint density at radius 3 is 2.50 bits per heavy atom. The Kier molecular flexibility index (Phi) is 5.95. The summed E-state index contributed by atoms with van der Waals surface area (Å²) in [6, 6.07) is 6.75. The molecule has 0 aromatic heterocycles. The number of ether oxygens (including phenoxy) is 1. The van der Waals surface area contributed by atoms with Crippen LogP contribution in [-0.4, -0.2) is 42.4 Å². The second-order valence-electron chi connectivity index (χ2n) is 6.03. The van der Waals surface area contributed by atoms with E-state index in [0.29, 0.717) is 30.3 Å². The molecule has 0 saturated heterocycles. The van der Waals surface area contributed by atoms with E-state index in [-0.39, 0.29) is 24.4 Å². The number of anilines is 1. The van der Waals surface area contributed by atoms with Crippen molar-refractivity contribution in [2.24, 2.45) is 11.8 Å². The molecule has 6 nitrogen and oxygen atoms in total. The predicted molar refractivity (Wildman–Crippen MR) is 90.6 cm³/mol. The van der Waals surface area contributed by atoms with Crippen molar-refractivity contribution in [1.29, 1.82) is 0 Å². The van der Waals surface area contributed by atoms with Gasteiger partial charge in [-0.25, -0.2) is 0 Å². The summed E-state index contributed by atoms with van der Waals surface area (Å²) >= 11 is 0. The SMILES string of the molecule is CCN(CC)C(=O)c1cccc(NC(=O)COC(=O)[C@H]2C[C@@H]2C)c1. The van der Waals surface area contributed by atoms with Crippen LogP contribution in [0.3, 0.4) is 0 Å². The van der Waals surface area contributed by atoms with Gasteiger partial charge in [-0.05, 0) is 44.4 Å². The molecule has 0 radical (unpaired) electrons. The fourth-order valence-corrected chi connectivity index (χ4v) is 2.51. The molecule has 130 valence electrons. The van der Waals surface area contributed by atoms with Crippen LogP contribution in [0.5, 0.6) is 0 Å². The average molecular weight is 332 g/mol. The molecule has 0 spiro atoms. The van der Waals surface area contributed by atoms with Crippen molar-refractivity contribution < 1.29 is 19.1 Å². The lowest BCUT2D eigenvalue weighted by Crippen LogP contribution is -2.30. The molecule has 1 fully saturated rings. The minimum Gasteiger partial charge on any atom is -0.455 e. The van der Waals surface area contributed by atoms with Crippen LogP contribution in [0, 0.1) is 11.8 Å². The molecule has 0 unspecified atom stereocenters. The number of nitrogens with zero attached hydrogens (tertiary/aromatic N) is 1. The van der Waals surface area contributed by atoms with Gasteiger partial charge in [0.1, 0.15) is 0 Å². The number of esters is 1. The van der Waals surface area contributed by atoms with E-state index in [9.17, 15) is 14.4 Å². The van der Waals surface area contributed by atoms with Gasteiger partial charge < -0.3 is 15.0 Å². The van der Waals surface area contributed by atoms with Crippen LogP contribution in [0.1, 0.15) is 37.6 Å². The van der Waals surface area contributed by atoms with Crippen LogP contribution >= 0.6 is 0 Å². The van der Waals surface area contributed by atoms with E-state index in [1.165, 1.54) is 0 Å². The fourth-order valence-electron chi connectivity index (χ4n) is 2.51.